The van der Waals surface area contributed by atoms with Crippen molar-refractivity contribution >= 4 is 21.4 Å². The van der Waals surface area contributed by atoms with E-state index in [1.165, 1.54) is 15.6 Å². The maximum absolute atomic E-state index is 6.01. The van der Waals surface area contributed by atoms with E-state index >= 15 is 0 Å². The average molecular weight is 291 g/mol. The molecular weight excluding hydrogens is 266 g/mol. The molecule has 2 rings (SSSR count). The molecule has 0 aliphatic carbocycles. The monoisotopic (exact) mass is 291 g/mol. The molecule has 0 saturated heterocycles. The van der Waals surface area contributed by atoms with E-state index in [2.05, 4.69) is 62.7 Å². The first kappa shape index (κ1) is 15.5. The molecular formula is C17H25NOS. The molecule has 0 radical (unpaired) electrons. The van der Waals surface area contributed by atoms with Gasteiger partial charge in [-0.2, -0.15) is 0 Å². The summed E-state index contributed by atoms with van der Waals surface area (Å²) < 4.78 is 7.38. The molecule has 0 aliphatic heterocycles. The first-order valence-electron chi connectivity index (χ1n) is 7.34. The van der Waals surface area contributed by atoms with Crippen LogP contribution in [0, 0.1) is 0 Å². The van der Waals surface area contributed by atoms with Crippen LogP contribution < -0.4 is 5.32 Å². The van der Waals surface area contributed by atoms with E-state index in [0.29, 0.717) is 6.61 Å². The van der Waals surface area contributed by atoms with Gasteiger partial charge in [-0.25, -0.2) is 0 Å². The van der Waals surface area contributed by atoms with Crippen molar-refractivity contribution in [3.8, 4) is 0 Å². The highest BCUT2D eigenvalue weighted by Crippen LogP contribution is 2.29. The highest BCUT2D eigenvalue weighted by Gasteiger charge is 2.18. The lowest BCUT2D eigenvalue weighted by atomic mass is 10.0. The Balaban J connectivity index is 2.23. The van der Waals surface area contributed by atoms with Gasteiger partial charge in [0, 0.05) is 4.70 Å². The smallest absolute Gasteiger partial charge is 0.0669 e. The van der Waals surface area contributed by atoms with Gasteiger partial charge in [-0.05, 0) is 56.1 Å². The molecule has 0 bridgehead atoms. The molecule has 0 fully saturated rings. The Kier molecular flexibility index (Phi) is 5.19. The summed E-state index contributed by atoms with van der Waals surface area (Å²) in [5, 5.41) is 7.11. The highest BCUT2D eigenvalue weighted by molar-refractivity contribution is 7.17. The molecule has 1 aromatic carbocycles. The van der Waals surface area contributed by atoms with Gasteiger partial charge in [-0.3, -0.25) is 0 Å². The Morgan fingerprint density at radius 1 is 1.25 bits per heavy atom. The second-order valence-corrected chi connectivity index (χ2v) is 7.03. The van der Waals surface area contributed by atoms with Crippen molar-refractivity contribution in [1.29, 1.82) is 0 Å². The molecule has 1 atom stereocenters. The Hall–Kier alpha value is -0.900. The number of hydrogen-bond donors (Lipinski definition) is 1. The Morgan fingerprint density at radius 2 is 2.05 bits per heavy atom. The predicted molar refractivity (Wildman–Crippen MR) is 88.6 cm³/mol. The van der Waals surface area contributed by atoms with Crippen LogP contribution in [0.5, 0.6) is 0 Å². The van der Waals surface area contributed by atoms with Gasteiger partial charge in [-0.15, -0.1) is 11.3 Å². The molecule has 0 spiro atoms. The van der Waals surface area contributed by atoms with Crippen molar-refractivity contribution in [2.75, 3.05) is 13.2 Å². The van der Waals surface area contributed by atoms with Crippen molar-refractivity contribution in [2.45, 2.75) is 45.8 Å². The summed E-state index contributed by atoms with van der Waals surface area (Å²) in [6, 6.07) is 8.98. The van der Waals surface area contributed by atoms with Crippen molar-refractivity contribution in [3.05, 3.63) is 35.2 Å². The van der Waals surface area contributed by atoms with Gasteiger partial charge in [0.05, 0.1) is 18.2 Å². The van der Waals surface area contributed by atoms with Crippen LogP contribution in [-0.2, 0) is 4.74 Å². The Bertz CT molecular complexity index is 541. The van der Waals surface area contributed by atoms with Crippen LogP contribution in [0.3, 0.4) is 0 Å². The largest absolute Gasteiger partial charge is 0.374 e. The van der Waals surface area contributed by atoms with Gasteiger partial charge in [0.25, 0.3) is 0 Å². The van der Waals surface area contributed by atoms with Gasteiger partial charge in [0.15, 0.2) is 0 Å². The summed E-state index contributed by atoms with van der Waals surface area (Å²) in [6.45, 7) is 10.2. The molecule has 0 amide bonds. The van der Waals surface area contributed by atoms with Crippen LogP contribution in [-0.4, -0.2) is 18.8 Å². The minimum atomic E-state index is -0.102. The summed E-state index contributed by atoms with van der Waals surface area (Å²) in [4.78, 5) is 0. The molecule has 1 N–H and O–H groups in total. The van der Waals surface area contributed by atoms with Crippen LogP contribution in [0.4, 0.5) is 0 Å². The van der Waals surface area contributed by atoms with Crippen molar-refractivity contribution in [3.63, 3.8) is 0 Å². The predicted octanol–water partition coefficient (Wildman–Crippen LogP) is 4.76. The second kappa shape index (κ2) is 6.70. The van der Waals surface area contributed by atoms with E-state index in [1.54, 1.807) is 0 Å². The lowest BCUT2D eigenvalue weighted by Crippen LogP contribution is -2.30. The lowest BCUT2D eigenvalue weighted by Gasteiger charge is -2.26. The summed E-state index contributed by atoms with van der Waals surface area (Å²) in [5.74, 6) is 0. The topological polar surface area (TPSA) is 21.3 Å². The van der Waals surface area contributed by atoms with Crippen molar-refractivity contribution < 1.29 is 4.74 Å². The fourth-order valence-corrected chi connectivity index (χ4v) is 3.17. The number of fused-ring (bicyclic) bond motifs is 1. The summed E-state index contributed by atoms with van der Waals surface area (Å²) in [5.41, 5.74) is 1.25. The third-order valence-corrected chi connectivity index (χ3v) is 4.19. The molecule has 2 nitrogen and oxygen atoms in total. The van der Waals surface area contributed by atoms with E-state index in [0.717, 1.165) is 13.0 Å². The minimum Gasteiger partial charge on any atom is -0.374 e. The highest BCUT2D eigenvalue weighted by atomic mass is 32.1. The first-order valence-corrected chi connectivity index (χ1v) is 8.22. The fourth-order valence-electron chi connectivity index (χ4n) is 2.20. The molecule has 3 heteroatoms. The van der Waals surface area contributed by atoms with E-state index in [1.807, 2.05) is 11.3 Å². The molecule has 2 aromatic rings. The fraction of sp³-hybridized carbons (Fsp3) is 0.529. The Morgan fingerprint density at radius 3 is 2.75 bits per heavy atom. The van der Waals surface area contributed by atoms with Crippen LogP contribution in [0.1, 0.15) is 45.7 Å². The summed E-state index contributed by atoms with van der Waals surface area (Å²) in [7, 11) is 0. The van der Waals surface area contributed by atoms with E-state index in [-0.39, 0.29) is 11.6 Å². The first-order chi connectivity index (χ1) is 9.51. The number of nitrogens with one attached hydrogen (secondary N) is 1. The zero-order valence-corrected chi connectivity index (χ0v) is 13.7. The van der Waals surface area contributed by atoms with E-state index in [9.17, 15) is 0 Å². The molecule has 0 saturated carbocycles. The van der Waals surface area contributed by atoms with E-state index in [4.69, 9.17) is 4.74 Å². The number of rotatable bonds is 6. The third-order valence-electron chi connectivity index (χ3n) is 3.21. The number of ether oxygens (including phenoxy) is 1. The third kappa shape index (κ3) is 4.05. The van der Waals surface area contributed by atoms with Gasteiger partial charge < -0.3 is 10.1 Å². The second-order valence-electron chi connectivity index (χ2n) is 6.12. The van der Waals surface area contributed by atoms with Crippen LogP contribution in [0.25, 0.3) is 10.1 Å². The number of hydrogen-bond acceptors (Lipinski definition) is 3. The molecule has 1 unspecified atom stereocenters. The van der Waals surface area contributed by atoms with Crippen LogP contribution in [0.15, 0.2) is 29.6 Å². The minimum absolute atomic E-state index is 0.102. The average Bonchev–Trinajstić information content (AvgIpc) is 2.86. The maximum atomic E-state index is 6.01. The molecule has 1 aromatic heterocycles. The summed E-state index contributed by atoms with van der Waals surface area (Å²) in [6.07, 6.45) is 1.13. The van der Waals surface area contributed by atoms with Crippen molar-refractivity contribution in [2.24, 2.45) is 0 Å². The quantitative estimate of drug-likeness (QED) is 0.828. The SMILES string of the molecule is CCCNC(COC(C)(C)C)c1cccc2ccsc12. The van der Waals surface area contributed by atoms with Gasteiger partial charge >= 0.3 is 0 Å². The lowest BCUT2D eigenvalue weighted by molar-refractivity contribution is -0.0145. The Labute approximate surface area is 126 Å². The molecule has 110 valence electrons. The van der Waals surface area contributed by atoms with Gasteiger partial charge in [0.1, 0.15) is 0 Å². The standard InChI is InChI=1S/C17H25NOS/c1-5-10-18-15(12-19-17(2,3)4)14-8-6-7-13-9-11-20-16(13)14/h6-9,11,15,18H,5,10,12H2,1-4H3. The normalized spacial score (nSPS) is 13.8. The van der Waals surface area contributed by atoms with Crippen molar-refractivity contribution in [1.82, 2.24) is 5.32 Å². The van der Waals surface area contributed by atoms with Crippen LogP contribution in [0.2, 0.25) is 0 Å². The zero-order valence-electron chi connectivity index (χ0n) is 12.9. The van der Waals surface area contributed by atoms with Gasteiger partial charge in [0.2, 0.25) is 0 Å². The van der Waals surface area contributed by atoms with E-state index < -0.39 is 0 Å². The van der Waals surface area contributed by atoms with Gasteiger partial charge in [-0.1, -0.05) is 25.1 Å². The zero-order chi connectivity index (χ0) is 14.6. The summed E-state index contributed by atoms with van der Waals surface area (Å²) >= 11 is 1.81. The number of benzene rings is 1. The molecule has 0 aliphatic rings. The number of thiophene rings is 1. The van der Waals surface area contributed by atoms with Crippen LogP contribution >= 0.6 is 11.3 Å². The maximum Gasteiger partial charge on any atom is 0.0669 e. The molecule has 1 heterocycles. The molecule has 20 heavy (non-hydrogen) atoms.